The minimum absolute atomic E-state index is 0.00542. The second-order valence-electron chi connectivity index (χ2n) is 4.57. The van der Waals surface area contributed by atoms with Gasteiger partial charge in [0.1, 0.15) is 10.8 Å². The molecule has 1 aromatic carbocycles. The molecular formula is C14H16FN3OS. The van der Waals surface area contributed by atoms with Gasteiger partial charge in [-0.15, -0.1) is 10.2 Å². The Balaban J connectivity index is 2.07. The van der Waals surface area contributed by atoms with Crippen LogP contribution in [0, 0.1) is 5.82 Å². The van der Waals surface area contributed by atoms with Crippen molar-refractivity contribution in [2.45, 2.75) is 32.6 Å². The van der Waals surface area contributed by atoms with Crippen molar-refractivity contribution < 1.29 is 9.18 Å². The number of halogens is 1. The van der Waals surface area contributed by atoms with E-state index in [-0.39, 0.29) is 5.56 Å². The van der Waals surface area contributed by atoms with E-state index in [4.69, 9.17) is 0 Å². The van der Waals surface area contributed by atoms with E-state index >= 15 is 0 Å². The molecule has 4 nitrogen and oxygen atoms in total. The van der Waals surface area contributed by atoms with Crippen LogP contribution >= 0.6 is 11.3 Å². The van der Waals surface area contributed by atoms with Crippen molar-refractivity contribution in [3.05, 3.63) is 40.7 Å². The number of benzene rings is 1. The topological polar surface area (TPSA) is 54.9 Å². The van der Waals surface area contributed by atoms with Gasteiger partial charge in [0.15, 0.2) is 0 Å². The molecule has 0 radical (unpaired) electrons. The Morgan fingerprint density at radius 1 is 1.40 bits per heavy atom. The van der Waals surface area contributed by atoms with Crippen molar-refractivity contribution in [2.24, 2.45) is 0 Å². The molecule has 20 heavy (non-hydrogen) atoms. The number of amides is 1. The molecule has 0 saturated carbocycles. The SMILES string of the molecule is CCC[C@@H](C)c1nnc(NC(=O)c2ccccc2F)s1. The molecule has 0 unspecified atom stereocenters. The third kappa shape index (κ3) is 3.39. The van der Waals surface area contributed by atoms with Crippen LogP contribution in [0.4, 0.5) is 9.52 Å². The van der Waals surface area contributed by atoms with Crippen molar-refractivity contribution in [3.8, 4) is 0 Å². The normalized spacial score (nSPS) is 12.2. The molecule has 0 fully saturated rings. The molecule has 1 amide bonds. The van der Waals surface area contributed by atoms with Crippen molar-refractivity contribution >= 4 is 22.4 Å². The number of rotatable bonds is 5. The Bertz CT molecular complexity index is 600. The molecule has 2 rings (SSSR count). The van der Waals surface area contributed by atoms with Gasteiger partial charge in [0.2, 0.25) is 5.13 Å². The zero-order chi connectivity index (χ0) is 14.5. The molecule has 2 aromatic rings. The van der Waals surface area contributed by atoms with Crippen LogP contribution in [0.5, 0.6) is 0 Å². The van der Waals surface area contributed by atoms with Crippen LogP contribution < -0.4 is 5.32 Å². The van der Waals surface area contributed by atoms with Crippen LogP contribution in [0.2, 0.25) is 0 Å². The lowest BCUT2D eigenvalue weighted by atomic mass is 10.1. The van der Waals surface area contributed by atoms with Gasteiger partial charge in [-0.05, 0) is 18.6 Å². The number of aromatic nitrogens is 2. The van der Waals surface area contributed by atoms with Gasteiger partial charge in [-0.25, -0.2) is 4.39 Å². The van der Waals surface area contributed by atoms with Gasteiger partial charge < -0.3 is 0 Å². The van der Waals surface area contributed by atoms with Crippen LogP contribution in [0.3, 0.4) is 0 Å². The molecule has 0 spiro atoms. The van der Waals surface area contributed by atoms with Crippen molar-refractivity contribution in [1.82, 2.24) is 10.2 Å². The maximum Gasteiger partial charge on any atom is 0.260 e. The monoisotopic (exact) mass is 293 g/mol. The van der Waals surface area contributed by atoms with Crippen LogP contribution in [0.15, 0.2) is 24.3 Å². The average molecular weight is 293 g/mol. The summed E-state index contributed by atoms with van der Waals surface area (Å²) in [6.45, 7) is 4.19. The summed E-state index contributed by atoms with van der Waals surface area (Å²) < 4.78 is 13.5. The van der Waals surface area contributed by atoms with E-state index in [0.717, 1.165) is 17.8 Å². The molecule has 0 aliphatic rings. The van der Waals surface area contributed by atoms with Crippen molar-refractivity contribution in [2.75, 3.05) is 5.32 Å². The Hall–Kier alpha value is -1.82. The maximum atomic E-state index is 13.5. The summed E-state index contributed by atoms with van der Waals surface area (Å²) in [4.78, 5) is 11.9. The predicted molar refractivity (Wildman–Crippen MR) is 77.6 cm³/mol. The summed E-state index contributed by atoms with van der Waals surface area (Å²) in [7, 11) is 0. The summed E-state index contributed by atoms with van der Waals surface area (Å²) in [5.74, 6) is -0.736. The first-order valence-electron chi connectivity index (χ1n) is 6.51. The Morgan fingerprint density at radius 3 is 2.85 bits per heavy atom. The van der Waals surface area contributed by atoms with E-state index < -0.39 is 11.7 Å². The summed E-state index contributed by atoms with van der Waals surface area (Å²) in [6, 6.07) is 5.85. The molecule has 1 aromatic heterocycles. The first-order chi connectivity index (χ1) is 9.61. The zero-order valence-electron chi connectivity index (χ0n) is 11.4. The lowest BCUT2D eigenvalue weighted by Gasteiger charge is -2.03. The Kier molecular flexibility index (Phi) is 4.79. The number of nitrogens with zero attached hydrogens (tertiary/aromatic N) is 2. The van der Waals surface area contributed by atoms with E-state index in [2.05, 4.69) is 29.4 Å². The van der Waals surface area contributed by atoms with E-state index in [1.165, 1.54) is 23.5 Å². The molecule has 0 bridgehead atoms. The van der Waals surface area contributed by atoms with E-state index in [1.807, 2.05) is 0 Å². The number of hydrogen-bond donors (Lipinski definition) is 1. The zero-order valence-corrected chi connectivity index (χ0v) is 12.2. The number of hydrogen-bond acceptors (Lipinski definition) is 4. The highest BCUT2D eigenvalue weighted by atomic mass is 32.1. The van der Waals surface area contributed by atoms with Gasteiger partial charge >= 0.3 is 0 Å². The predicted octanol–water partition coefficient (Wildman–Crippen LogP) is 3.83. The first-order valence-corrected chi connectivity index (χ1v) is 7.32. The Morgan fingerprint density at radius 2 is 2.15 bits per heavy atom. The molecule has 0 aliphatic heterocycles. The largest absolute Gasteiger partial charge is 0.296 e. The van der Waals surface area contributed by atoms with Gasteiger partial charge in [-0.1, -0.05) is 43.7 Å². The van der Waals surface area contributed by atoms with E-state index in [0.29, 0.717) is 11.0 Å². The van der Waals surface area contributed by atoms with Gasteiger partial charge in [0.25, 0.3) is 5.91 Å². The molecular weight excluding hydrogens is 277 g/mol. The van der Waals surface area contributed by atoms with Gasteiger partial charge in [-0.3, -0.25) is 10.1 Å². The highest BCUT2D eigenvalue weighted by Gasteiger charge is 2.15. The summed E-state index contributed by atoms with van der Waals surface area (Å²) in [6.07, 6.45) is 2.09. The molecule has 0 saturated heterocycles. The van der Waals surface area contributed by atoms with Crippen LogP contribution in [-0.2, 0) is 0 Å². The number of carbonyl (C=O) groups excluding carboxylic acids is 1. The van der Waals surface area contributed by atoms with Crippen molar-refractivity contribution in [3.63, 3.8) is 0 Å². The number of anilines is 1. The summed E-state index contributed by atoms with van der Waals surface area (Å²) >= 11 is 1.33. The molecule has 1 N–H and O–H groups in total. The highest BCUT2D eigenvalue weighted by Crippen LogP contribution is 2.26. The number of nitrogens with one attached hydrogen (secondary N) is 1. The number of carbonyl (C=O) groups is 1. The maximum absolute atomic E-state index is 13.5. The fraction of sp³-hybridized carbons (Fsp3) is 0.357. The molecule has 106 valence electrons. The highest BCUT2D eigenvalue weighted by molar-refractivity contribution is 7.15. The fourth-order valence-corrected chi connectivity index (χ4v) is 2.67. The second kappa shape index (κ2) is 6.56. The minimum Gasteiger partial charge on any atom is -0.296 e. The quantitative estimate of drug-likeness (QED) is 0.911. The first kappa shape index (κ1) is 14.6. The van der Waals surface area contributed by atoms with Crippen LogP contribution in [0.1, 0.15) is 48.0 Å². The van der Waals surface area contributed by atoms with Gasteiger partial charge in [-0.2, -0.15) is 0 Å². The molecule has 0 aliphatic carbocycles. The van der Waals surface area contributed by atoms with Gasteiger partial charge in [0.05, 0.1) is 5.56 Å². The standard InChI is InChI=1S/C14H16FN3OS/c1-3-6-9(2)13-17-18-14(20-13)16-12(19)10-7-4-5-8-11(10)15/h4-5,7-9H,3,6H2,1-2H3,(H,16,18,19)/t9-/m1/s1. The summed E-state index contributed by atoms with van der Waals surface area (Å²) in [5.41, 5.74) is 0.00542. The Labute approximate surface area is 121 Å². The van der Waals surface area contributed by atoms with Gasteiger partial charge in [0, 0.05) is 5.92 Å². The average Bonchev–Trinajstić information content (AvgIpc) is 2.88. The second-order valence-corrected chi connectivity index (χ2v) is 5.58. The van der Waals surface area contributed by atoms with Crippen LogP contribution in [0.25, 0.3) is 0 Å². The van der Waals surface area contributed by atoms with Crippen molar-refractivity contribution in [1.29, 1.82) is 0 Å². The molecule has 1 atom stereocenters. The van der Waals surface area contributed by atoms with E-state index in [1.54, 1.807) is 12.1 Å². The smallest absolute Gasteiger partial charge is 0.260 e. The summed E-state index contributed by atoms with van der Waals surface area (Å²) in [5, 5.41) is 11.9. The lowest BCUT2D eigenvalue weighted by molar-refractivity contribution is 0.102. The van der Waals surface area contributed by atoms with Crippen LogP contribution in [-0.4, -0.2) is 16.1 Å². The molecule has 1 heterocycles. The fourth-order valence-electron chi connectivity index (χ4n) is 1.85. The minimum atomic E-state index is -0.547. The third-order valence-electron chi connectivity index (χ3n) is 2.92. The third-order valence-corrected chi connectivity index (χ3v) is 3.99. The van der Waals surface area contributed by atoms with E-state index in [9.17, 15) is 9.18 Å². The molecule has 6 heteroatoms. The lowest BCUT2D eigenvalue weighted by Crippen LogP contribution is -2.13.